The Kier molecular flexibility index (Phi) is 8.31. The molecule has 4 aliphatic carbocycles. The van der Waals surface area contributed by atoms with E-state index < -0.39 is 0 Å². The normalized spacial score (nSPS) is 44.2. The molecule has 1 heterocycles. The Bertz CT molecular complexity index is 928. The minimum Gasteiger partial charge on any atom is -0.353 e. The number of hydrogen-bond acceptors (Lipinski definition) is 3. The highest BCUT2D eigenvalue weighted by atomic mass is 16.7. The second-order valence-electron chi connectivity index (χ2n) is 16.2. The largest absolute Gasteiger partial charge is 0.353 e. The van der Waals surface area contributed by atoms with Gasteiger partial charge in [0.2, 0.25) is 0 Å². The Morgan fingerprint density at radius 2 is 1.77 bits per heavy atom. The van der Waals surface area contributed by atoms with E-state index in [0.717, 1.165) is 44.6 Å². The number of rotatable bonds is 8. The van der Waals surface area contributed by atoms with Crippen LogP contribution in [-0.4, -0.2) is 24.8 Å². The molecule has 0 N–H and O–H groups in total. The van der Waals surface area contributed by atoms with Gasteiger partial charge in [-0.1, -0.05) is 79.4 Å². The smallest absolute Gasteiger partial charge is 0.157 e. The highest BCUT2D eigenvalue weighted by Gasteiger charge is 2.68. The number of hydrogen-bond donors (Lipinski definition) is 0. The standard InChI is InChI=1S/C36H60O3/c1-24(2)12-11-13-25(3)27-18-22-36(26(4)37)29-15-16-30-33(5,6)31(39-32-14-9-10-23-38-32)19-20-34(30,7)28(29)17-21-35(27,36)8/h15,24-25,27-28,30-32H,9-14,16-23H2,1-8H3/t25-,27-,28+,30?,31+,32?,34-,35-,36-/m1/s1. The Morgan fingerprint density at radius 3 is 2.44 bits per heavy atom. The first-order valence-corrected chi connectivity index (χ1v) is 16.9. The van der Waals surface area contributed by atoms with E-state index >= 15 is 0 Å². The molecule has 0 aromatic heterocycles. The van der Waals surface area contributed by atoms with Crippen LogP contribution in [0, 0.1) is 51.2 Å². The first-order valence-electron chi connectivity index (χ1n) is 16.9. The van der Waals surface area contributed by atoms with E-state index in [4.69, 9.17) is 9.47 Å². The van der Waals surface area contributed by atoms with E-state index in [1.807, 2.05) is 6.92 Å². The van der Waals surface area contributed by atoms with Crippen molar-refractivity contribution in [1.82, 2.24) is 0 Å². The molecule has 3 saturated carbocycles. The van der Waals surface area contributed by atoms with Gasteiger partial charge in [-0.25, -0.2) is 0 Å². The van der Waals surface area contributed by atoms with Gasteiger partial charge in [0, 0.05) is 6.61 Å². The molecule has 3 nitrogen and oxygen atoms in total. The average Bonchev–Trinajstić information content (AvgIpc) is 3.20. The zero-order chi connectivity index (χ0) is 28.2. The second-order valence-corrected chi connectivity index (χ2v) is 16.2. The average molecular weight is 541 g/mol. The van der Waals surface area contributed by atoms with Crippen LogP contribution in [-0.2, 0) is 14.3 Å². The molecule has 3 heteroatoms. The molecule has 1 aliphatic heterocycles. The van der Waals surface area contributed by atoms with Crippen LogP contribution in [0.25, 0.3) is 0 Å². The third kappa shape index (κ3) is 4.72. The minimum atomic E-state index is -0.242. The topological polar surface area (TPSA) is 35.5 Å². The van der Waals surface area contributed by atoms with Crippen LogP contribution in [0.2, 0.25) is 0 Å². The molecule has 0 spiro atoms. The monoisotopic (exact) mass is 540 g/mol. The summed E-state index contributed by atoms with van der Waals surface area (Å²) in [4.78, 5) is 13.9. The molecular weight excluding hydrogens is 480 g/mol. The first-order chi connectivity index (χ1) is 18.4. The van der Waals surface area contributed by atoms with Crippen molar-refractivity contribution in [3.63, 3.8) is 0 Å². The lowest BCUT2D eigenvalue weighted by Crippen LogP contribution is -2.60. The van der Waals surface area contributed by atoms with E-state index in [2.05, 4.69) is 54.5 Å². The van der Waals surface area contributed by atoms with E-state index in [1.54, 1.807) is 5.57 Å². The third-order valence-electron chi connectivity index (χ3n) is 13.5. The van der Waals surface area contributed by atoms with E-state index in [0.29, 0.717) is 29.5 Å². The third-order valence-corrected chi connectivity index (χ3v) is 13.5. The predicted molar refractivity (Wildman–Crippen MR) is 160 cm³/mol. The van der Waals surface area contributed by atoms with Crippen molar-refractivity contribution in [2.24, 2.45) is 51.2 Å². The van der Waals surface area contributed by atoms with Crippen LogP contribution in [0.15, 0.2) is 11.6 Å². The number of Topliss-reactive ketones (excluding diaryl/α,β-unsaturated/α-hetero) is 1. The molecule has 5 aliphatic rings. The van der Waals surface area contributed by atoms with Crippen LogP contribution in [0.3, 0.4) is 0 Å². The van der Waals surface area contributed by atoms with Crippen molar-refractivity contribution in [1.29, 1.82) is 0 Å². The zero-order valence-corrected chi connectivity index (χ0v) is 26.7. The van der Waals surface area contributed by atoms with Gasteiger partial charge in [-0.15, -0.1) is 0 Å². The Labute approximate surface area is 240 Å². The maximum Gasteiger partial charge on any atom is 0.157 e. The first kappa shape index (κ1) is 29.8. The van der Waals surface area contributed by atoms with Gasteiger partial charge < -0.3 is 9.47 Å². The van der Waals surface area contributed by atoms with E-state index in [9.17, 15) is 4.79 Å². The quantitative estimate of drug-likeness (QED) is 0.288. The lowest BCUT2D eigenvalue weighted by atomic mass is 9.40. The van der Waals surface area contributed by atoms with Crippen LogP contribution in [0.1, 0.15) is 139 Å². The summed E-state index contributed by atoms with van der Waals surface area (Å²) in [6.07, 6.45) is 18.4. The molecular formula is C36H60O3. The maximum absolute atomic E-state index is 13.9. The summed E-state index contributed by atoms with van der Waals surface area (Å²) in [6, 6.07) is 0. The number of carbonyl (C=O) groups excluding carboxylic acids is 1. The second kappa shape index (κ2) is 10.9. The van der Waals surface area contributed by atoms with Gasteiger partial charge in [-0.3, -0.25) is 4.79 Å². The number of ketones is 1. The molecule has 39 heavy (non-hydrogen) atoms. The fourth-order valence-electron chi connectivity index (χ4n) is 11.3. The fraction of sp³-hybridized carbons (Fsp3) is 0.917. The highest BCUT2D eigenvalue weighted by Crippen LogP contribution is 2.74. The molecule has 5 rings (SSSR count). The van der Waals surface area contributed by atoms with E-state index in [-0.39, 0.29) is 34.1 Å². The van der Waals surface area contributed by atoms with Crippen molar-refractivity contribution < 1.29 is 14.3 Å². The Hall–Kier alpha value is -0.670. The van der Waals surface area contributed by atoms with Crippen molar-refractivity contribution in [2.45, 2.75) is 151 Å². The van der Waals surface area contributed by atoms with Crippen LogP contribution in [0.5, 0.6) is 0 Å². The van der Waals surface area contributed by atoms with Crippen LogP contribution >= 0.6 is 0 Å². The van der Waals surface area contributed by atoms with Gasteiger partial charge in [-0.05, 0) is 117 Å². The lowest BCUT2D eigenvalue weighted by Gasteiger charge is -2.64. The molecule has 4 fully saturated rings. The number of carbonyl (C=O) groups is 1. The van der Waals surface area contributed by atoms with Gasteiger partial charge in [0.1, 0.15) is 5.78 Å². The Morgan fingerprint density at radius 1 is 1.00 bits per heavy atom. The molecule has 2 unspecified atom stereocenters. The summed E-state index contributed by atoms with van der Waals surface area (Å²) in [5, 5.41) is 0. The fourth-order valence-corrected chi connectivity index (χ4v) is 11.3. The van der Waals surface area contributed by atoms with Crippen molar-refractivity contribution in [2.75, 3.05) is 6.61 Å². The van der Waals surface area contributed by atoms with Crippen LogP contribution < -0.4 is 0 Å². The van der Waals surface area contributed by atoms with Gasteiger partial charge in [0.25, 0.3) is 0 Å². The summed E-state index contributed by atoms with van der Waals surface area (Å²) in [5.74, 6) is 3.73. The summed E-state index contributed by atoms with van der Waals surface area (Å²) in [5.41, 5.74) is 1.78. The lowest BCUT2D eigenvalue weighted by molar-refractivity contribution is -0.240. The Balaban J connectivity index is 1.41. The summed E-state index contributed by atoms with van der Waals surface area (Å²) >= 11 is 0. The van der Waals surface area contributed by atoms with Gasteiger partial charge in [0.15, 0.2) is 6.29 Å². The summed E-state index contributed by atoms with van der Waals surface area (Å²) in [6.45, 7) is 20.1. The number of allylic oxidation sites excluding steroid dienone is 2. The molecule has 9 atom stereocenters. The summed E-state index contributed by atoms with van der Waals surface area (Å²) in [7, 11) is 0. The van der Waals surface area contributed by atoms with Crippen molar-refractivity contribution in [3.8, 4) is 0 Å². The van der Waals surface area contributed by atoms with Gasteiger partial charge >= 0.3 is 0 Å². The molecule has 1 saturated heterocycles. The van der Waals surface area contributed by atoms with E-state index in [1.165, 1.54) is 51.4 Å². The van der Waals surface area contributed by atoms with Gasteiger partial charge in [-0.2, -0.15) is 0 Å². The number of ether oxygens (including phenoxy) is 2. The molecule has 222 valence electrons. The van der Waals surface area contributed by atoms with Crippen molar-refractivity contribution >= 4 is 5.78 Å². The minimum absolute atomic E-state index is 0.0172. The maximum atomic E-state index is 13.9. The zero-order valence-electron chi connectivity index (χ0n) is 26.7. The molecule has 0 bridgehead atoms. The molecule has 0 aromatic rings. The van der Waals surface area contributed by atoms with Crippen molar-refractivity contribution in [3.05, 3.63) is 11.6 Å². The highest BCUT2D eigenvalue weighted by molar-refractivity contribution is 5.88. The number of fused-ring (bicyclic) bond motifs is 5. The predicted octanol–water partition coefficient (Wildman–Crippen LogP) is 9.53. The molecule has 0 aromatic carbocycles. The SMILES string of the molecule is CC(=O)[C@@]12CC[C@H]([C@H](C)CCCC(C)C)[C@@]1(C)CC[C@H]1C2=CCC2C(C)(C)[C@@H](OC3CCCCO3)CC[C@@]21C. The van der Waals surface area contributed by atoms with Crippen LogP contribution in [0.4, 0.5) is 0 Å². The molecule has 0 radical (unpaired) electrons. The van der Waals surface area contributed by atoms with Gasteiger partial charge in [0.05, 0.1) is 11.5 Å². The molecule has 0 amide bonds. The summed E-state index contributed by atoms with van der Waals surface area (Å²) < 4.78 is 12.7.